The minimum atomic E-state index is -0.931. The number of carboxylic acids is 1. The number of nitrogens with one attached hydrogen (secondary N) is 1. The third-order valence-corrected chi connectivity index (χ3v) is 7.18. The second-order valence-electron chi connectivity index (χ2n) is 8.86. The Bertz CT molecular complexity index is 674. The van der Waals surface area contributed by atoms with Gasteiger partial charge in [-0.15, -0.1) is 10.2 Å². The molecule has 1 saturated carbocycles. The molecule has 1 aliphatic rings. The van der Waals surface area contributed by atoms with Gasteiger partial charge in [-0.05, 0) is 37.5 Å². The van der Waals surface area contributed by atoms with Gasteiger partial charge in [0.2, 0.25) is 11.0 Å². The summed E-state index contributed by atoms with van der Waals surface area (Å²) in [6.07, 6.45) is 5.86. The Kier molecular flexibility index (Phi) is 6.66. The topological polar surface area (TPSA) is 92.2 Å². The molecule has 1 aliphatic carbocycles. The minimum absolute atomic E-state index is 0.0928. The van der Waals surface area contributed by atoms with Gasteiger partial charge in [0.1, 0.15) is 5.01 Å². The maximum atomic E-state index is 13.3. The standard InChI is InChI=1S/C20H33N3O3S/c1-6-10-20(16(25)26,18(3,4)5)13-19(11-8-9-12-19)15(24)21-17-23-22-14(7-2)27-17/h6-13H2,1-5H3,(H,25,26)(H,21,23,24)/t20-/m0/s1. The van der Waals surface area contributed by atoms with Crippen LogP contribution in [0.5, 0.6) is 0 Å². The third-order valence-electron chi connectivity index (χ3n) is 6.19. The van der Waals surface area contributed by atoms with E-state index in [0.29, 0.717) is 18.0 Å². The predicted octanol–water partition coefficient (Wildman–Crippen LogP) is 4.91. The van der Waals surface area contributed by atoms with Gasteiger partial charge in [-0.25, -0.2) is 0 Å². The van der Waals surface area contributed by atoms with E-state index in [9.17, 15) is 14.7 Å². The fourth-order valence-corrected chi connectivity index (χ4v) is 5.12. The lowest BCUT2D eigenvalue weighted by Gasteiger charge is -2.46. The van der Waals surface area contributed by atoms with Gasteiger partial charge < -0.3 is 10.4 Å². The summed E-state index contributed by atoms with van der Waals surface area (Å²) in [5, 5.41) is 22.7. The second-order valence-corrected chi connectivity index (χ2v) is 9.92. The molecule has 2 rings (SSSR count). The first-order chi connectivity index (χ1) is 12.6. The number of carbonyl (C=O) groups excluding carboxylic acids is 1. The van der Waals surface area contributed by atoms with Crippen molar-refractivity contribution in [2.45, 2.75) is 86.0 Å². The maximum Gasteiger partial charge on any atom is 0.310 e. The highest BCUT2D eigenvalue weighted by Crippen LogP contribution is 2.55. The zero-order valence-corrected chi connectivity index (χ0v) is 18.0. The molecule has 0 bridgehead atoms. The molecule has 0 aliphatic heterocycles. The van der Waals surface area contributed by atoms with E-state index in [1.165, 1.54) is 11.3 Å². The van der Waals surface area contributed by atoms with Crippen molar-refractivity contribution in [3.05, 3.63) is 5.01 Å². The summed E-state index contributed by atoms with van der Waals surface area (Å²) in [6.45, 7) is 9.96. The largest absolute Gasteiger partial charge is 0.481 e. The third kappa shape index (κ3) is 4.33. The monoisotopic (exact) mass is 395 g/mol. The molecule has 0 spiro atoms. The van der Waals surface area contributed by atoms with Gasteiger partial charge in [0, 0.05) is 0 Å². The highest BCUT2D eigenvalue weighted by Gasteiger charge is 2.55. The lowest BCUT2D eigenvalue weighted by atomic mass is 9.56. The molecule has 2 N–H and O–H groups in total. The van der Waals surface area contributed by atoms with Gasteiger partial charge in [0.15, 0.2) is 0 Å². The molecule has 0 radical (unpaired) electrons. The van der Waals surface area contributed by atoms with E-state index in [4.69, 9.17) is 0 Å². The molecule has 0 aromatic carbocycles. The summed E-state index contributed by atoms with van der Waals surface area (Å²) in [5.74, 6) is -0.884. The number of aromatic nitrogens is 2. The van der Waals surface area contributed by atoms with E-state index in [-0.39, 0.29) is 5.91 Å². The number of nitrogens with zero attached hydrogens (tertiary/aromatic N) is 2. The first-order valence-corrected chi connectivity index (χ1v) is 10.8. The van der Waals surface area contributed by atoms with Crippen LogP contribution in [0.3, 0.4) is 0 Å². The SMILES string of the molecule is CCC[C@](CC1(C(=O)Nc2nnc(CC)s2)CCCC1)(C(=O)O)C(C)(C)C. The predicted molar refractivity (Wildman–Crippen MR) is 108 cm³/mol. The average Bonchev–Trinajstić information content (AvgIpc) is 3.23. The minimum Gasteiger partial charge on any atom is -0.481 e. The van der Waals surface area contributed by atoms with Crippen molar-refractivity contribution in [3.8, 4) is 0 Å². The van der Waals surface area contributed by atoms with Crippen LogP contribution in [0.4, 0.5) is 5.13 Å². The number of rotatable bonds is 8. The first kappa shape index (κ1) is 21.8. The zero-order valence-electron chi connectivity index (χ0n) is 17.2. The van der Waals surface area contributed by atoms with E-state index in [1.54, 1.807) is 0 Å². The number of hydrogen-bond acceptors (Lipinski definition) is 5. The summed E-state index contributed by atoms with van der Waals surface area (Å²) in [7, 11) is 0. The lowest BCUT2D eigenvalue weighted by Crippen LogP contribution is -2.49. The molecule has 1 fully saturated rings. The molecule has 0 unspecified atom stereocenters. The number of carboxylic acid groups (broad SMARTS) is 1. The quantitative estimate of drug-likeness (QED) is 0.652. The van der Waals surface area contributed by atoms with Crippen molar-refractivity contribution in [1.82, 2.24) is 10.2 Å². The lowest BCUT2D eigenvalue weighted by molar-refractivity contribution is -0.162. The van der Waals surface area contributed by atoms with Gasteiger partial charge in [0.25, 0.3) is 0 Å². The fraction of sp³-hybridized carbons (Fsp3) is 0.800. The van der Waals surface area contributed by atoms with Crippen LogP contribution >= 0.6 is 11.3 Å². The molecule has 1 aromatic heterocycles. The molecule has 152 valence electrons. The second kappa shape index (κ2) is 8.25. The Hall–Kier alpha value is -1.50. The van der Waals surface area contributed by atoms with Crippen molar-refractivity contribution in [1.29, 1.82) is 0 Å². The van der Waals surface area contributed by atoms with Gasteiger partial charge in [0.05, 0.1) is 10.8 Å². The number of carbonyl (C=O) groups is 2. The summed E-state index contributed by atoms with van der Waals surface area (Å²) >= 11 is 1.39. The first-order valence-electron chi connectivity index (χ1n) is 9.97. The van der Waals surface area contributed by atoms with Crippen molar-refractivity contribution >= 4 is 28.3 Å². The van der Waals surface area contributed by atoms with Crippen LogP contribution in [0.2, 0.25) is 0 Å². The smallest absolute Gasteiger partial charge is 0.310 e. The van der Waals surface area contributed by atoms with E-state index >= 15 is 0 Å². The molecule has 1 aromatic rings. The summed E-state index contributed by atoms with van der Waals surface area (Å²) in [5.41, 5.74) is -2.03. The Morgan fingerprint density at radius 1 is 1.19 bits per heavy atom. The zero-order chi connectivity index (χ0) is 20.3. The number of anilines is 1. The van der Waals surface area contributed by atoms with Gasteiger partial charge in [-0.3, -0.25) is 9.59 Å². The summed E-state index contributed by atoms with van der Waals surface area (Å²) < 4.78 is 0. The average molecular weight is 396 g/mol. The fourth-order valence-electron chi connectivity index (χ4n) is 4.45. The highest BCUT2D eigenvalue weighted by molar-refractivity contribution is 7.15. The molecule has 1 atom stereocenters. The molecule has 1 amide bonds. The molecular formula is C20H33N3O3S. The maximum absolute atomic E-state index is 13.3. The normalized spacial score (nSPS) is 18.9. The van der Waals surface area contributed by atoms with E-state index in [0.717, 1.165) is 43.5 Å². The van der Waals surface area contributed by atoms with Crippen molar-refractivity contribution in [2.75, 3.05) is 5.32 Å². The molecule has 27 heavy (non-hydrogen) atoms. The van der Waals surface area contributed by atoms with Crippen molar-refractivity contribution < 1.29 is 14.7 Å². The summed E-state index contributed by atoms with van der Waals surface area (Å²) in [6, 6.07) is 0. The van der Waals surface area contributed by atoms with Crippen LogP contribution in [0.25, 0.3) is 0 Å². The Morgan fingerprint density at radius 2 is 1.81 bits per heavy atom. The van der Waals surface area contributed by atoms with Crippen LogP contribution in [0, 0.1) is 16.2 Å². The highest BCUT2D eigenvalue weighted by atomic mass is 32.1. The molecule has 1 heterocycles. The van der Waals surface area contributed by atoms with Crippen molar-refractivity contribution in [2.24, 2.45) is 16.2 Å². The number of amides is 1. The number of aryl methyl sites for hydroxylation is 1. The Morgan fingerprint density at radius 3 is 2.26 bits per heavy atom. The van der Waals surface area contributed by atoms with Gasteiger partial charge in [-0.2, -0.15) is 0 Å². The van der Waals surface area contributed by atoms with Gasteiger partial charge >= 0.3 is 5.97 Å². The number of aliphatic carboxylic acids is 1. The van der Waals surface area contributed by atoms with Crippen LogP contribution in [-0.2, 0) is 16.0 Å². The summed E-state index contributed by atoms with van der Waals surface area (Å²) in [4.78, 5) is 25.8. The number of hydrogen-bond donors (Lipinski definition) is 2. The van der Waals surface area contributed by atoms with Gasteiger partial charge in [-0.1, -0.05) is 65.2 Å². The van der Waals surface area contributed by atoms with Crippen LogP contribution in [0.15, 0.2) is 0 Å². The van der Waals surface area contributed by atoms with E-state index in [2.05, 4.69) is 15.5 Å². The molecule has 7 heteroatoms. The molecule has 0 saturated heterocycles. The van der Waals surface area contributed by atoms with Crippen LogP contribution in [-0.4, -0.2) is 27.2 Å². The van der Waals surface area contributed by atoms with Crippen LogP contribution < -0.4 is 5.32 Å². The Labute approximate surface area is 166 Å². The van der Waals surface area contributed by atoms with E-state index < -0.39 is 22.2 Å². The molecular weight excluding hydrogens is 362 g/mol. The van der Waals surface area contributed by atoms with E-state index in [1.807, 2.05) is 34.6 Å². The molecule has 6 nitrogen and oxygen atoms in total. The van der Waals surface area contributed by atoms with Crippen molar-refractivity contribution in [3.63, 3.8) is 0 Å². The Balaban J connectivity index is 2.35. The van der Waals surface area contributed by atoms with Crippen LogP contribution in [0.1, 0.15) is 84.6 Å².